The maximum Gasteiger partial charge on any atom is 0.229 e. The van der Waals surface area contributed by atoms with Gasteiger partial charge in [-0.05, 0) is 24.6 Å². The minimum Gasteiger partial charge on any atom is -0.482 e. The molecular formula is C14H17N3O2. The highest BCUT2D eigenvalue weighted by atomic mass is 16.5. The van der Waals surface area contributed by atoms with E-state index in [0.29, 0.717) is 18.3 Å². The molecule has 0 spiro atoms. The first-order valence-corrected chi connectivity index (χ1v) is 6.56. The van der Waals surface area contributed by atoms with E-state index in [1.165, 1.54) is 5.56 Å². The zero-order valence-corrected chi connectivity index (χ0v) is 10.9. The normalized spacial score (nSPS) is 18.9. The van der Waals surface area contributed by atoms with Crippen LogP contribution >= 0.6 is 0 Å². The minimum atomic E-state index is -0.139. The average Bonchev–Trinajstić information content (AvgIpc) is 3.05. The first-order valence-electron chi connectivity index (χ1n) is 6.56. The molecule has 2 unspecified atom stereocenters. The van der Waals surface area contributed by atoms with Gasteiger partial charge in [-0.1, -0.05) is 30.3 Å². The molecule has 0 saturated carbocycles. The van der Waals surface area contributed by atoms with Crippen LogP contribution in [0.4, 0.5) is 0 Å². The Balaban J connectivity index is 1.75. The van der Waals surface area contributed by atoms with Crippen LogP contribution in [-0.4, -0.2) is 16.7 Å². The monoisotopic (exact) mass is 259 g/mol. The summed E-state index contributed by atoms with van der Waals surface area (Å²) in [6, 6.07) is 8.00. The largest absolute Gasteiger partial charge is 0.482 e. The Kier molecular flexibility index (Phi) is 3.21. The topological polar surface area (TPSA) is 74.2 Å². The highest BCUT2D eigenvalue weighted by Gasteiger charge is 2.28. The van der Waals surface area contributed by atoms with Gasteiger partial charge < -0.3 is 15.0 Å². The third-order valence-electron chi connectivity index (χ3n) is 3.41. The quantitative estimate of drug-likeness (QED) is 0.911. The molecule has 0 saturated heterocycles. The van der Waals surface area contributed by atoms with Gasteiger partial charge in [-0.15, -0.1) is 0 Å². The molecule has 5 heteroatoms. The molecule has 0 bridgehead atoms. The number of benzene rings is 1. The summed E-state index contributed by atoms with van der Waals surface area (Å²) in [6.45, 7) is 2.65. The highest BCUT2D eigenvalue weighted by molar-refractivity contribution is 5.37. The summed E-state index contributed by atoms with van der Waals surface area (Å²) in [6.07, 6.45) is 1.49. The van der Waals surface area contributed by atoms with Crippen LogP contribution in [0.2, 0.25) is 0 Å². The van der Waals surface area contributed by atoms with Crippen LogP contribution in [0.25, 0.3) is 0 Å². The number of rotatable bonds is 4. The molecule has 100 valence electrons. The number of hydrogen-bond donors (Lipinski definition) is 1. The molecule has 0 fully saturated rings. The van der Waals surface area contributed by atoms with Crippen LogP contribution in [0.1, 0.15) is 42.6 Å². The lowest BCUT2D eigenvalue weighted by molar-refractivity contribution is 0.220. The van der Waals surface area contributed by atoms with Gasteiger partial charge in [-0.3, -0.25) is 0 Å². The van der Waals surface area contributed by atoms with Gasteiger partial charge in [0.05, 0.1) is 0 Å². The maximum atomic E-state index is 5.84. The third-order valence-corrected chi connectivity index (χ3v) is 3.41. The van der Waals surface area contributed by atoms with Gasteiger partial charge in [0, 0.05) is 12.3 Å². The zero-order chi connectivity index (χ0) is 13.2. The van der Waals surface area contributed by atoms with Crippen LogP contribution in [0.15, 0.2) is 28.8 Å². The summed E-state index contributed by atoms with van der Waals surface area (Å²) in [4.78, 5) is 4.44. The Morgan fingerprint density at radius 3 is 3.05 bits per heavy atom. The lowest BCUT2D eigenvalue weighted by Gasteiger charge is -2.05. The van der Waals surface area contributed by atoms with E-state index in [-0.39, 0.29) is 12.0 Å². The molecule has 1 aliphatic rings. The maximum absolute atomic E-state index is 5.84. The number of ether oxygens (including phenoxy) is 1. The minimum absolute atomic E-state index is 0.139. The van der Waals surface area contributed by atoms with Crippen molar-refractivity contribution >= 4 is 0 Å². The van der Waals surface area contributed by atoms with E-state index in [1.807, 2.05) is 25.1 Å². The second kappa shape index (κ2) is 5.01. The van der Waals surface area contributed by atoms with E-state index in [2.05, 4.69) is 16.2 Å². The van der Waals surface area contributed by atoms with Crippen LogP contribution in [0.3, 0.4) is 0 Å². The SMILES string of the molecule is CC(CCN)c1nc(C2Cc3ccccc3O2)no1. The number of aromatic nitrogens is 2. The molecule has 2 N–H and O–H groups in total. The van der Waals surface area contributed by atoms with Crippen molar-refractivity contribution < 1.29 is 9.26 Å². The summed E-state index contributed by atoms with van der Waals surface area (Å²) in [5.41, 5.74) is 6.73. The smallest absolute Gasteiger partial charge is 0.229 e. The second-order valence-corrected chi connectivity index (χ2v) is 4.89. The fourth-order valence-electron chi connectivity index (χ4n) is 2.28. The van der Waals surface area contributed by atoms with Crippen LogP contribution < -0.4 is 10.5 Å². The molecule has 0 aliphatic carbocycles. The highest BCUT2D eigenvalue weighted by Crippen LogP contribution is 2.35. The van der Waals surface area contributed by atoms with E-state index in [9.17, 15) is 0 Å². The molecule has 2 atom stereocenters. The van der Waals surface area contributed by atoms with Gasteiger partial charge in [-0.25, -0.2) is 0 Å². The number of nitrogens with two attached hydrogens (primary N) is 1. The van der Waals surface area contributed by atoms with Crippen molar-refractivity contribution in [2.24, 2.45) is 5.73 Å². The molecule has 1 aromatic carbocycles. The summed E-state index contributed by atoms with van der Waals surface area (Å²) in [5.74, 6) is 2.36. The van der Waals surface area contributed by atoms with Crippen molar-refractivity contribution in [2.45, 2.75) is 31.8 Å². The Bertz CT molecular complexity index is 542. The molecule has 2 heterocycles. The molecule has 5 nitrogen and oxygen atoms in total. The Morgan fingerprint density at radius 1 is 1.42 bits per heavy atom. The summed E-state index contributed by atoms with van der Waals surface area (Å²) >= 11 is 0. The van der Waals surface area contributed by atoms with Gasteiger partial charge >= 0.3 is 0 Å². The fraction of sp³-hybridized carbons (Fsp3) is 0.429. The Labute approximate surface area is 111 Å². The first-order chi connectivity index (χ1) is 9.28. The van der Waals surface area contributed by atoms with Crippen LogP contribution in [-0.2, 0) is 6.42 Å². The molecule has 1 aliphatic heterocycles. The van der Waals surface area contributed by atoms with Crippen molar-refractivity contribution in [1.82, 2.24) is 10.1 Å². The van der Waals surface area contributed by atoms with Crippen LogP contribution in [0.5, 0.6) is 5.75 Å². The van der Waals surface area contributed by atoms with Crippen molar-refractivity contribution in [2.75, 3.05) is 6.54 Å². The predicted molar refractivity (Wildman–Crippen MR) is 69.9 cm³/mol. The number of fused-ring (bicyclic) bond motifs is 1. The summed E-state index contributed by atoms with van der Waals surface area (Å²) in [7, 11) is 0. The van der Waals surface area contributed by atoms with Crippen molar-refractivity contribution in [3.05, 3.63) is 41.5 Å². The zero-order valence-electron chi connectivity index (χ0n) is 10.9. The molecule has 0 radical (unpaired) electrons. The van der Waals surface area contributed by atoms with E-state index >= 15 is 0 Å². The lowest BCUT2D eigenvalue weighted by Crippen LogP contribution is -2.07. The van der Waals surface area contributed by atoms with E-state index in [0.717, 1.165) is 18.6 Å². The van der Waals surface area contributed by atoms with E-state index < -0.39 is 0 Å². The molecular weight excluding hydrogens is 242 g/mol. The van der Waals surface area contributed by atoms with Gasteiger partial charge in [0.15, 0.2) is 6.10 Å². The molecule has 0 amide bonds. The second-order valence-electron chi connectivity index (χ2n) is 4.89. The Morgan fingerprint density at radius 2 is 2.26 bits per heavy atom. The van der Waals surface area contributed by atoms with Crippen molar-refractivity contribution in [3.8, 4) is 5.75 Å². The molecule has 3 rings (SSSR count). The van der Waals surface area contributed by atoms with Gasteiger partial charge in [0.2, 0.25) is 11.7 Å². The van der Waals surface area contributed by atoms with Gasteiger partial charge in [-0.2, -0.15) is 4.98 Å². The van der Waals surface area contributed by atoms with E-state index in [1.54, 1.807) is 0 Å². The third kappa shape index (κ3) is 2.33. The van der Waals surface area contributed by atoms with Crippen molar-refractivity contribution in [3.63, 3.8) is 0 Å². The standard InChI is InChI=1S/C14H17N3O2/c1-9(6-7-15)14-16-13(17-19-14)12-8-10-4-2-3-5-11(10)18-12/h2-5,9,12H,6-8,15H2,1H3. The van der Waals surface area contributed by atoms with E-state index in [4.69, 9.17) is 15.0 Å². The summed E-state index contributed by atoms with van der Waals surface area (Å²) < 4.78 is 11.1. The van der Waals surface area contributed by atoms with Gasteiger partial charge in [0.25, 0.3) is 0 Å². The predicted octanol–water partition coefficient (Wildman–Crippen LogP) is 2.20. The number of hydrogen-bond acceptors (Lipinski definition) is 5. The molecule has 1 aromatic heterocycles. The number of para-hydroxylation sites is 1. The van der Waals surface area contributed by atoms with Gasteiger partial charge in [0.1, 0.15) is 5.75 Å². The fourth-order valence-corrected chi connectivity index (χ4v) is 2.28. The lowest BCUT2D eigenvalue weighted by atomic mass is 10.1. The molecule has 2 aromatic rings. The average molecular weight is 259 g/mol. The summed E-state index contributed by atoms with van der Waals surface area (Å²) in [5, 5.41) is 4.03. The van der Waals surface area contributed by atoms with Crippen LogP contribution in [0, 0.1) is 0 Å². The first kappa shape index (κ1) is 12.2. The Hall–Kier alpha value is -1.88. The molecule has 19 heavy (non-hydrogen) atoms. The van der Waals surface area contributed by atoms with Crippen molar-refractivity contribution in [1.29, 1.82) is 0 Å². The number of nitrogens with zero attached hydrogens (tertiary/aromatic N) is 2.